The van der Waals surface area contributed by atoms with Crippen LogP contribution in [0.2, 0.25) is 0 Å². The Morgan fingerprint density at radius 2 is 2.12 bits per heavy atom. The molecule has 0 aliphatic carbocycles. The van der Waals surface area contributed by atoms with Crippen molar-refractivity contribution in [2.24, 2.45) is 0 Å². The summed E-state index contributed by atoms with van der Waals surface area (Å²) in [6, 6.07) is 0. The van der Waals surface area contributed by atoms with Gasteiger partial charge in [-0.25, -0.2) is 4.79 Å². The minimum atomic E-state index is -0.496. The van der Waals surface area contributed by atoms with Crippen LogP contribution < -0.4 is 0 Å². The summed E-state index contributed by atoms with van der Waals surface area (Å²) in [4.78, 5) is 26.3. The van der Waals surface area contributed by atoms with Crippen molar-refractivity contribution in [1.82, 2.24) is 9.80 Å². The molecule has 1 fully saturated rings. The molecule has 0 saturated carbocycles. The molecular formula is C11H18N2O3. The number of amides is 2. The number of piperazine rings is 1. The van der Waals surface area contributed by atoms with Crippen LogP contribution in [-0.4, -0.2) is 47.5 Å². The van der Waals surface area contributed by atoms with Crippen LogP contribution in [0, 0.1) is 0 Å². The number of ether oxygens (including phenoxy) is 1. The largest absolute Gasteiger partial charge is 0.446 e. The van der Waals surface area contributed by atoms with Crippen LogP contribution >= 0.6 is 0 Å². The molecule has 2 amide bonds. The Balaban J connectivity index is 2.68. The van der Waals surface area contributed by atoms with E-state index in [1.54, 1.807) is 18.7 Å². The molecule has 0 aromatic carbocycles. The summed E-state index contributed by atoms with van der Waals surface area (Å²) in [6.45, 7) is 10.7. The number of rotatable bonds is 2. The molecule has 1 saturated heterocycles. The lowest BCUT2D eigenvalue weighted by atomic mass is 10.2. The standard InChI is InChI=1S/C11H18N2O3/c1-5-12-6-7-13(9(4)10(12)14)11(15)16-8(2)3/h8H,4-7H2,1-3H3. The lowest BCUT2D eigenvalue weighted by Gasteiger charge is -2.34. The van der Waals surface area contributed by atoms with Gasteiger partial charge >= 0.3 is 6.09 Å². The van der Waals surface area contributed by atoms with Crippen LogP contribution in [0.1, 0.15) is 20.8 Å². The maximum atomic E-state index is 11.7. The van der Waals surface area contributed by atoms with E-state index in [-0.39, 0.29) is 17.7 Å². The molecule has 0 bridgehead atoms. The van der Waals surface area contributed by atoms with Crippen molar-refractivity contribution in [2.45, 2.75) is 26.9 Å². The number of hydrogen-bond acceptors (Lipinski definition) is 3. The smallest absolute Gasteiger partial charge is 0.414 e. The number of likely N-dealkylation sites (N-methyl/N-ethyl adjacent to an activating group) is 1. The van der Waals surface area contributed by atoms with Gasteiger partial charge in [0.15, 0.2) is 0 Å². The maximum Gasteiger partial charge on any atom is 0.414 e. The van der Waals surface area contributed by atoms with E-state index in [0.29, 0.717) is 19.6 Å². The van der Waals surface area contributed by atoms with Crippen LogP contribution in [0.4, 0.5) is 4.79 Å². The van der Waals surface area contributed by atoms with Gasteiger partial charge < -0.3 is 9.64 Å². The van der Waals surface area contributed by atoms with E-state index in [0.717, 1.165) is 0 Å². The highest BCUT2D eigenvalue weighted by Crippen LogP contribution is 2.14. The summed E-state index contributed by atoms with van der Waals surface area (Å²) in [5.74, 6) is -0.200. The van der Waals surface area contributed by atoms with Crippen LogP contribution in [0.15, 0.2) is 12.3 Å². The first-order chi connectivity index (χ1) is 7.47. The van der Waals surface area contributed by atoms with Crippen molar-refractivity contribution < 1.29 is 14.3 Å². The van der Waals surface area contributed by atoms with Gasteiger partial charge in [0.1, 0.15) is 5.70 Å². The lowest BCUT2D eigenvalue weighted by Crippen LogP contribution is -2.50. The maximum absolute atomic E-state index is 11.7. The number of carbonyl (C=O) groups is 2. The third kappa shape index (κ3) is 2.53. The van der Waals surface area contributed by atoms with E-state index in [1.165, 1.54) is 4.90 Å². The van der Waals surface area contributed by atoms with Gasteiger partial charge in [-0.2, -0.15) is 0 Å². The summed E-state index contributed by atoms with van der Waals surface area (Å²) < 4.78 is 5.03. The molecule has 1 aliphatic heterocycles. The first kappa shape index (κ1) is 12.5. The van der Waals surface area contributed by atoms with Gasteiger partial charge in [0.2, 0.25) is 0 Å². The van der Waals surface area contributed by atoms with E-state index in [9.17, 15) is 9.59 Å². The van der Waals surface area contributed by atoms with E-state index >= 15 is 0 Å². The van der Waals surface area contributed by atoms with E-state index in [1.807, 2.05) is 6.92 Å². The van der Waals surface area contributed by atoms with Gasteiger partial charge in [0.05, 0.1) is 6.10 Å². The van der Waals surface area contributed by atoms with Crippen LogP contribution in [0.5, 0.6) is 0 Å². The Bertz CT molecular complexity index is 312. The third-order valence-corrected chi connectivity index (χ3v) is 2.39. The lowest BCUT2D eigenvalue weighted by molar-refractivity contribution is -0.130. The summed E-state index contributed by atoms with van der Waals surface area (Å²) in [7, 11) is 0. The molecule has 90 valence electrons. The second-order valence-electron chi connectivity index (χ2n) is 3.92. The van der Waals surface area contributed by atoms with Crippen LogP contribution in [0.3, 0.4) is 0 Å². The summed E-state index contributed by atoms with van der Waals surface area (Å²) >= 11 is 0. The SMILES string of the molecule is C=C1C(=O)N(CC)CCN1C(=O)OC(C)C. The fourth-order valence-corrected chi connectivity index (χ4v) is 1.52. The van der Waals surface area contributed by atoms with Crippen molar-refractivity contribution in [3.63, 3.8) is 0 Å². The molecule has 1 aliphatic rings. The highest BCUT2D eigenvalue weighted by molar-refractivity contribution is 5.96. The number of nitrogens with zero attached hydrogens (tertiary/aromatic N) is 2. The first-order valence-electron chi connectivity index (χ1n) is 5.43. The molecule has 16 heavy (non-hydrogen) atoms. The molecule has 0 radical (unpaired) electrons. The normalized spacial score (nSPS) is 17.0. The van der Waals surface area contributed by atoms with Crippen molar-refractivity contribution in [3.05, 3.63) is 12.3 Å². The quantitative estimate of drug-likeness (QED) is 0.665. The fourth-order valence-electron chi connectivity index (χ4n) is 1.52. The molecule has 0 atom stereocenters. The molecule has 1 rings (SSSR count). The summed E-state index contributed by atoms with van der Waals surface area (Å²) in [5, 5.41) is 0. The Kier molecular flexibility index (Phi) is 3.93. The Morgan fingerprint density at radius 3 is 2.62 bits per heavy atom. The monoisotopic (exact) mass is 226 g/mol. The Hall–Kier alpha value is -1.52. The predicted molar refractivity (Wildman–Crippen MR) is 59.7 cm³/mol. The molecule has 5 nitrogen and oxygen atoms in total. The second kappa shape index (κ2) is 5.01. The molecule has 0 unspecified atom stereocenters. The van der Waals surface area contributed by atoms with Crippen LogP contribution in [-0.2, 0) is 9.53 Å². The number of hydrogen-bond donors (Lipinski definition) is 0. The van der Waals surface area contributed by atoms with Gasteiger partial charge in [-0.1, -0.05) is 6.58 Å². The van der Waals surface area contributed by atoms with Gasteiger partial charge in [-0.3, -0.25) is 9.69 Å². The highest BCUT2D eigenvalue weighted by Gasteiger charge is 2.31. The van der Waals surface area contributed by atoms with Gasteiger partial charge in [-0.05, 0) is 20.8 Å². The van der Waals surface area contributed by atoms with E-state index in [4.69, 9.17) is 4.74 Å². The molecule has 0 N–H and O–H groups in total. The average molecular weight is 226 g/mol. The Labute approximate surface area is 95.6 Å². The predicted octanol–water partition coefficient (Wildman–Crippen LogP) is 1.21. The second-order valence-corrected chi connectivity index (χ2v) is 3.92. The van der Waals surface area contributed by atoms with Crippen molar-refractivity contribution in [1.29, 1.82) is 0 Å². The Morgan fingerprint density at radius 1 is 1.50 bits per heavy atom. The van der Waals surface area contributed by atoms with E-state index in [2.05, 4.69) is 6.58 Å². The third-order valence-electron chi connectivity index (χ3n) is 2.39. The minimum Gasteiger partial charge on any atom is -0.446 e. The number of carbonyl (C=O) groups excluding carboxylic acids is 2. The van der Waals surface area contributed by atoms with E-state index < -0.39 is 6.09 Å². The van der Waals surface area contributed by atoms with Crippen molar-refractivity contribution in [2.75, 3.05) is 19.6 Å². The zero-order valence-corrected chi connectivity index (χ0v) is 10.0. The van der Waals surface area contributed by atoms with Crippen LogP contribution in [0.25, 0.3) is 0 Å². The molecular weight excluding hydrogens is 208 g/mol. The zero-order valence-electron chi connectivity index (χ0n) is 10.0. The van der Waals surface area contributed by atoms with Gasteiger partial charge in [0, 0.05) is 19.6 Å². The molecule has 0 aromatic rings. The first-order valence-corrected chi connectivity index (χ1v) is 5.43. The molecule has 1 heterocycles. The summed E-state index contributed by atoms with van der Waals surface area (Å²) in [6.07, 6.45) is -0.691. The highest BCUT2D eigenvalue weighted by atomic mass is 16.6. The zero-order chi connectivity index (χ0) is 12.3. The van der Waals surface area contributed by atoms with Crippen molar-refractivity contribution >= 4 is 12.0 Å². The fraction of sp³-hybridized carbons (Fsp3) is 0.636. The van der Waals surface area contributed by atoms with Gasteiger partial charge in [-0.15, -0.1) is 0 Å². The average Bonchev–Trinajstić information content (AvgIpc) is 2.20. The molecule has 0 spiro atoms. The van der Waals surface area contributed by atoms with Gasteiger partial charge in [0.25, 0.3) is 5.91 Å². The molecule has 5 heteroatoms. The van der Waals surface area contributed by atoms with Crippen molar-refractivity contribution in [3.8, 4) is 0 Å². The topological polar surface area (TPSA) is 49.9 Å². The molecule has 0 aromatic heterocycles. The minimum absolute atomic E-state index is 0.193. The summed E-state index contributed by atoms with van der Waals surface area (Å²) in [5.41, 5.74) is 0.193.